The van der Waals surface area contributed by atoms with Gasteiger partial charge in [0.25, 0.3) is 0 Å². The lowest BCUT2D eigenvalue weighted by molar-refractivity contribution is 0.0527. The highest BCUT2D eigenvalue weighted by Crippen LogP contribution is 2.32. The third kappa shape index (κ3) is 5.45. The summed E-state index contributed by atoms with van der Waals surface area (Å²) in [5.41, 5.74) is 4.47. The second kappa shape index (κ2) is 11.1. The van der Waals surface area contributed by atoms with Crippen molar-refractivity contribution < 1.29 is 19.4 Å². The van der Waals surface area contributed by atoms with E-state index in [2.05, 4.69) is 40.7 Å². The number of likely N-dealkylation sites (tertiary alicyclic amines) is 1. The minimum absolute atomic E-state index is 0.217. The van der Waals surface area contributed by atoms with Crippen molar-refractivity contribution in [1.29, 1.82) is 0 Å². The number of carbonyl (C=O) groups excluding carboxylic acids is 1. The van der Waals surface area contributed by atoms with Gasteiger partial charge in [0.15, 0.2) is 0 Å². The monoisotopic (exact) mass is 464 g/mol. The van der Waals surface area contributed by atoms with Crippen LogP contribution in [0.5, 0.6) is 5.75 Å². The average molecular weight is 465 g/mol. The van der Waals surface area contributed by atoms with Crippen LogP contribution in [0.4, 0.5) is 0 Å². The highest BCUT2D eigenvalue weighted by atomic mass is 16.5. The van der Waals surface area contributed by atoms with E-state index in [0.717, 1.165) is 35.4 Å². The molecular weight excluding hydrogens is 428 g/mol. The van der Waals surface area contributed by atoms with Crippen molar-refractivity contribution in [3.05, 3.63) is 59.3 Å². The molecule has 6 heteroatoms. The Morgan fingerprint density at radius 3 is 2.41 bits per heavy atom. The van der Waals surface area contributed by atoms with Gasteiger partial charge in [-0.3, -0.25) is 0 Å². The smallest absolute Gasteiger partial charge is 0.340 e. The maximum absolute atomic E-state index is 12.9. The molecule has 0 radical (unpaired) electrons. The van der Waals surface area contributed by atoms with Crippen LogP contribution >= 0.6 is 0 Å². The minimum Gasteiger partial charge on any atom is -0.491 e. The molecule has 0 saturated carbocycles. The predicted octanol–water partition coefficient (Wildman–Crippen LogP) is 5.04. The second-order valence-electron chi connectivity index (χ2n) is 9.21. The molecule has 0 aliphatic carbocycles. The molecule has 1 atom stereocenters. The van der Waals surface area contributed by atoms with Crippen molar-refractivity contribution in [2.24, 2.45) is 0 Å². The number of aryl methyl sites for hydroxylation is 1. The Morgan fingerprint density at radius 2 is 1.74 bits per heavy atom. The molecule has 0 spiro atoms. The highest BCUT2D eigenvalue weighted by Gasteiger charge is 2.23. The van der Waals surface area contributed by atoms with Crippen molar-refractivity contribution in [2.45, 2.75) is 52.6 Å². The summed E-state index contributed by atoms with van der Waals surface area (Å²) in [5.74, 6) is 0.295. The lowest BCUT2D eigenvalue weighted by Crippen LogP contribution is -2.36. The van der Waals surface area contributed by atoms with Gasteiger partial charge in [0, 0.05) is 23.3 Å². The number of benzene rings is 2. The van der Waals surface area contributed by atoms with Crippen molar-refractivity contribution in [3.63, 3.8) is 0 Å². The fraction of sp³-hybridized carbons (Fsp3) is 0.464. The van der Waals surface area contributed by atoms with Gasteiger partial charge in [-0.2, -0.15) is 0 Å². The van der Waals surface area contributed by atoms with E-state index in [1.165, 1.54) is 31.2 Å². The molecule has 0 amide bonds. The number of carbonyl (C=O) groups is 1. The molecule has 6 nitrogen and oxygen atoms in total. The zero-order valence-electron chi connectivity index (χ0n) is 20.5. The number of β-amino-alcohol motifs (C(OH)–C–C–N with tert-alkyl or cyclic N) is 1. The van der Waals surface area contributed by atoms with Crippen LogP contribution in [0, 0.1) is 13.8 Å². The molecule has 1 unspecified atom stereocenters. The van der Waals surface area contributed by atoms with Crippen LogP contribution in [0.1, 0.15) is 54.2 Å². The summed E-state index contributed by atoms with van der Waals surface area (Å²) in [6, 6.07) is 14.0. The van der Waals surface area contributed by atoms with Gasteiger partial charge in [-0.25, -0.2) is 4.79 Å². The van der Waals surface area contributed by atoms with Gasteiger partial charge in [-0.15, -0.1) is 0 Å². The Balaban J connectivity index is 1.59. The molecule has 0 bridgehead atoms. The van der Waals surface area contributed by atoms with Crippen molar-refractivity contribution >= 4 is 16.9 Å². The van der Waals surface area contributed by atoms with E-state index in [0.29, 0.717) is 24.5 Å². The van der Waals surface area contributed by atoms with Crippen molar-refractivity contribution in [1.82, 2.24) is 9.47 Å². The average Bonchev–Trinajstić information content (AvgIpc) is 2.94. The van der Waals surface area contributed by atoms with Crippen LogP contribution in [-0.4, -0.2) is 59.5 Å². The Bertz CT molecular complexity index is 1110. The summed E-state index contributed by atoms with van der Waals surface area (Å²) in [6.07, 6.45) is 4.37. The van der Waals surface area contributed by atoms with Crippen LogP contribution in [0.25, 0.3) is 16.6 Å². The molecule has 2 heterocycles. The number of esters is 1. The van der Waals surface area contributed by atoms with Crippen LogP contribution < -0.4 is 4.74 Å². The van der Waals surface area contributed by atoms with Gasteiger partial charge >= 0.3 is 5.97 Å². The fourth-order valence-electron chi connectivity index (χ4n) is 4.84. The summed E-state index contributed by atoms with van der Waals surface area (Å²) in [7, 11) is 0. The normalized spacial score (nSPS) is 15.8. The van der Waals surface area contributed by atoms with Gasteiger partial charge in [0.1, 0.15) is 18.5 Å². The molecule has 1 aromatic heterocycles. The van der Waals surface area contributed by atoms with Gasteiger partial charge < -0.3 is 24.0 Å². The Kier molecular flexibility index (Phi) is 7.91. The lowest BCUT2D eigenvalue weighted by atomic mass is 10.1. The number of hydrogen-bond acceptors (Lipinski definition) is 5. The summed E-state index contributed by atoms with van der Waals surface area (Å²) >= 11 is 0. The van der Waals surface area contributed by atoms with E-state index in [9.17, 15) is 9.90 Å². The SMILES string of the molecule is CCOC(=O)c1c(C)n(-c2ccc(C)cc2)c2ccc(OCC(O)CN3CCCCCC3)cc12. The molecule has 1 N–H and O–H groups in total. The summed E-state index contributed by atoms with van der Waals surface area (Å²) in [5, 5.41) is 11.3. The highest BCUT2D eigenvalue weighted by molar-refractivity contribution is 6.07. The van der Waals surface area contributed by atoms with E-state index in [4.69, 9.17) is 9.47 Å². The van der Waals surface area contributed by atoms with Crippen molar-refractivity contribution in [3.8, 4) is 11.4 Å². The second-order valence-corrected chi connectivity index (χ2v) is 9.21. The van der Waals surface area contributed by atoms with E-state index in [-0.39, 0.29) is 12.6 Å². The number of aliphatic hydroxyl groups is 1. The van der Waals surface area contributed by atoms with Gasteiger partial charge in [0.2, 0.25) is 0 Å². The van der Waals surface area contributed by atoms with E-state index in [1.807, 2.05) is 32.0 Å². The molecule has 1 aliphatic rings. The first kappa shape index (κ1) is 24.3. The fourth-order valence-corrected chi connectivity index (χ4v) is 4.84. The molecule has 3 aromatic rings. The number of aromatic nitrogens is 1. The summed E-state index contributed by atoms with van der Waals surface area (Å²) in [4.78, 5) is 15.2. The quantitative estimate of drug-likeness (QED) is 0.473. The summed E-state index contributed by atoms with van der Waals surface area (Å²) < 4.78 is 13.4. The number of hydrogen-bond donors (Lipinski definition) is 1. The van der Waals surface area contributed by atoms with Crippen LogP contribution in [0.15, 0.2) is 42.5 Å². The molecular formula is C28H36N2O4. The topological polar surface area (TPSA) is 63.9 Å². The Morgan fingerprint density at radius 1 is 1.03 bits per heavy atom. The van der Waals surface area contributed by atoms with Gasteiger partial charge in [0.05, 0.1) is 17.7 Å². The number of fused-ring (bicyclic) bond motifs is 1. The maximum Gasteiger partial charge on any atom is 0.340 e. The lowest BCUT2D eigenvalue weighted by Gasteiger charge is -2.23. The molecule has 34 heavy (non-hydrogen) atoms. The standard InChI is InChI=1S/C28H36N2O4/c1-4-33-28(32)27-21(3)30(22-11-9-20(2)10-12-22)26-14-13-24(17-25(26)27)34-19-23(31)18-29-15-7-5-6-8-16-29/h9-14,17,23,31H,4-8,15-16,18-19H2,1-3H3. The van der Waals surface area contributed by atoms with Crippen molar-refractivity contribution in [2.75, 3.05) is 32.8 Å². The van der Waals surface area contributed by atoms with Gasteiger partial charge in [-0.05, 0) is 77.0 Å². The number of rotatable bonds is 8. The van der Waals surface area contributed by atoms with Gasteiger partial charge in [-0.1, -0.05) is 30.5 Å². The number of nitrogens with zero attached hydrogens (tertiary/aromatic N) is 2. The van der Waals surface area contributed by atoms with Crippen LogP contribution in [0.2, 0.25) is 0 Å². The zero-order valence-corrected chi connectivity index (χ0v) is 20.5. The van der Waals surface area contributed by atoms with Crippen LogP contribution in [0.3, 0.4) is 0 Å². The van der Waals surface area contributed by atoms with E-state index < -0.39 is 6.10 Å². The number of aliphatic hydroxyl groups excluding tert-OH is 1. The predicted molar refractivity (Wildman–Crippen MR) is 135 cm³/mol. The first-order chi connectivity index (χ1) is 16.5. The molecule has 4 rings (SSSR count). The maximum atomic E-state index is 12.9. The molecule has 1 fully saturated rings. The number of ether oxygens (including phenoxy) is 2. The first-order valence-electron chi connectivity index (χ1n) is 12.4. The van der Waals surface area contributed by atoms with E-state index in [1.54, 1.807) is 0 Å². The first-order valence-corrected chi connectivity index (χ1v) is 12.4. The third-order valence-electron chi connectivity index (χ3n) is 6.56. The summed E-state index contributed by atoms with van der Waals surface area (Å²) in [6.45, 7) is 9.04. The molecule has 1 aliphatic heterocycles. The molecule has 2 aromatic carbocycles. The Hall–Kier alpha value is -2.83. The van der Waals surface area contributed by atoms with Crippen LogP contribution in [-0.2, 0) is 4.74 Å². The molecule has 1 saturated heterocycles. The largest absolute Gasteiger partial charge is 0.491 e. The third-order valence-corrected chi connectivity index (χ3v) is 6.56. The minimum atomic E-state index is -0.558. The van der Waals surface area contributed by atoms with E-state index >= 15 is 0 Å². The zero-order chi connectivity index (χ0) is 24.1. The Labute approximate surface area is 202 Å². The molecule has 182 valence electrons.